The van der Waals surface area contributed by atoms with Crippen LogP contribution in [-0.4, -0.2) is 28.8 Å². The molecule has 0 heterocycles. The minimum atomic E-state index is -0.565. The maximum absolute atomic E-state index is 13.2. The van der Waals surface area contributed by atoms with Crippen molar-refractivity contribution in [2.75, 3.05) is 0 Å². The number of carbonyl (C=O) groups excluding carboxylic acids is 2. The molecule has 2 aromatic carbocycles. The highest BCUT2D eigenvalue weighted by Crippen LogP contribution is 2.21. The first kappa shape index (κ1) is 21.4. The Bertz CT molecular complexity index is 844. The Morgan fingerprint density at radius 1 is 1.10 bits per heavy atom. The van der Waals surface area contributed by atoms with Crippen LogP contribution in [0.2, 0.25) is 5.02 Å². The second kappa shape index (κ2) is 9.93. The summed E-state index contributed by atoms with van der Waals surface area (Å²) < 4.78 is 0. The van der Waals surface area contributed by atoms with Gasteiger partial charge in [0.05, 0.1) is 6.42 Å². The van der Waals surface area contributed by atoms with Crippen molar-refractivity contribution >= 4 is 23.4 Å². The molecule has 4 nitrogen and oxygen atoms in total. The molecule has 1 fully saturated rings. The molecule has 1 unspecified atom stereocenters. The summed E-state index contributed by atoms with van der Waals surface area (Å²) in [6, 6.07) is 15.0. The van der Waals surface area contributed by atoms with Gasteiger partial charge in [-0.05, 0) is 43.9 Å². The molecule has 1 aliphatic rings. The fourth-order valence-corrected chi connectivity index (χ4v) is 3.96. The van der Waals surface area contributed by atoms with Crippen LogP contribution < -0.4 is 5.32 Å². The summed E-state index contributed by atoms with van der Waals surface area (Å²) in [6.07, 6.45) is 4.58. The van der Waals surface area contributed by atoms with Crippen LogP contribution in [0, 0.1) is 6.92 Å². The molecule has 1 atom stereocenters. The number of hydrogen-bond acceptors (Lipinski definition) is 2. The van der Waals surface area contributed by atoms with Gasteiger partial charge < -0.3 is 10.2 Å². The summed E-state index contributed by atoms with van der Waals surface area (Å²) in [5.74, 6) is -0.177. The first-order chi connectivity index (χ1) is 13.9. The summed E-state index contributed by atoms with van der Waals surface area (Å²) in [4.78, 5) is 27.7. The Morgan fingerprint density at radius 2 is 1.76 bits per heavy atom. The number of hydrogen-bond donors (Lipinski definition) is 1. The highest BCUT2D eigenvalue weighted by atomic mass is 35.5. The van der Waals surface area contributed by atoms with Crippen LogP contribution >= 0.6 is 11.6 Å². The molecule has 0 aliphatic heterocycles. The van der Waals surface area contributed by atoms with Gasteiger partial charge in [0, 0.05) is 17.6 Å². The largest absolute Gasteiger partial charge is 0.352 e. The van der Waals surface area contributed by atoms with Crippen molar-refractivity contribution in [1.82, 2.24) is 10.2 Å². The van der Waals surface area contributed by atoms with Crippen molar-refractivity contribution in [3.63, 3.8) is 0 Å². The Labute approximate surface area is 178 Å². The molecule has 29 heavy (non-hydrogen) atoms. The quantitative estimate of drug-likeness (QED) is 0.718. The van der Waals surface area contributed by atoms with Crippen molar-refractivity contribution < 1.29 is 9.59 Å². The van der Waals surface area contributed by atoms with E-state index in [0.717, 1.165) is 42.4 Å². The minimum Gasteiger partial charge on any atom is -0.352 e. The van der Waals surface area contributed by atoms with E-state index >= 15 is 0 Å². The Hall–Kier alpha value is -2.33. The molecule has 1 aliphatic carbocycles. The fourth-order valence-electron chi connectivity index (χ4n) is 3.77. The topological polar surface area (TPSA) is 49.4 Å². The smallest absolute Gasteiger partial charge is 0.242 e. The van der Waals surface area contributed by atoms with Gasteiger partial charge in [-0.25, -0.2) is 0 Å². The number of nitrogens with zero attached hydrogens (tertiary/aromatic N) is 1. The number of aryl methyl sites for hydroxylation is 1. The van der Waals surface area contributed by atoms with Crippen LogP contribution in [0.25, 0.3) is 0 Å². The highest BCUT2D eigenvalue weighted by molar-refractivity contribution is 6.31. The molecule has 0 bridgehead atoms. The summed E-state index contributed by atoms with van der Waals surface area (Å²) in [6.45, 7) is 4.13. The minimum absolute atomic E-state index is 0.0807. The molecule has 154 valence electrons. The normalized spacial score (nSPS) is 15.1. The van der Waals surface area contributed by atoms with Gasteiger partial charge in [0.25, 0.3) is 0 Å². The molecular weight excluding hydrogens is 384 g/mol. The van der Waals surface area contributed by atoms with E-state index in [-0.39, 0.29) is 24.3 Å². The van der Waals surface area contributed by atoms with Gasteiger partial charge >= 0.3 is 0 Å². The Balaban J connectivity index is 1.77. The zero-order chi connectivity index (χ0) is 20.8. The highest BCUT2D eigenvalue weighted by Gasteiger charge is 2.28. The van der Waals surface area contributed by atoms with E-state index in [2.05, 4.69) is 5.32 Å². The first-order valence-corrected chi connectivity index (χ1v) is 10.7. The van der Waals surface area contributed by atoms with E-state index in [1.165, 1.54) is 0 Å². The van der Waals surface area contributed by atoms with Gasteiger partial charge in [0.15, 0.2) is 0 Å². The standard InChI is InChI=1S/C24H29ClN2O2/c1-17-11-13-19(14-12-17)15-23(28)27(16-20-7-3-6-10-22(20)25)18(2)24(29)26-21-8-4-5-9-21/h3,6-7,10-14,18,21H,4-5,8-9,15-16H2,1-2H3,(H,26,29). The van der Waals surface area contributed by atoms with E-state index in [1.54, 1.807) is 11.8 Å². The lowest BCUT2D eigenvalue weighted by Crippen LogP contribution is -2.50. The maximum Gasteiger partial charge on any atom is 0.242 e. The molecule has 1 saturated carbocycles. The monoisotopic (exact) mass is 412 g/mol. The molecule has 1 N–H and O–H groups in total. The van der Waals surface area contributed by atoms with Crippen LogP contribution in [0.5, 0.6) is 0 Å². The second-order valence-electron chi connectivity index (χ2n) is 7.94. The lowest BCUT2D eigenvalue weighted by atomic mass is 10.1. The predicted octanol–water partition coefficient (Wildman–Crippen LogP) is 4.67. The lowest BCUT2D eigenvalue weighted by molar-refractivity contribution is -0.140. The summed E-state index contributed by atoms with van der Waals surface area (Å²) in [5.41, 5.74) is 2.93. The van der Waals surface area contributed by atoms with Gasteiger partial charge in [-0.15, -0.1) is 0 Å². The lowest BCUT2D eigenvalue weighted by Gasteiger charge is -2.30. The van der Waals surface area contributed by atoms with Crippen LogP contribution in [0.4, 0.5) is 0 Å². The third-order valence-electron chi connectivity index (χ3n) is 5.64. The summed E-state index contributed by atoms with van der Waals surface area (Å²) >= 11 is 6.33. The van der Waals surface area contributed by atoms with E-state index in [9.17, 15) is 9.59 Å². The maximum atomic E-state index is 13.2. The zero-order valence-corrected chi connectivity index (χ0v) is 17.9. The molecule has 2 amide bonds. The molecule has 0 spiro atoms. The second-order valence-corrected chi connectivity index (χ2v) is 8.35. The van der Waals surface area contributed by atoms with Crippen LogP contribution in [0.3, 0.4) is 0 Å². The molecular formula is C24H29ClN2O2. The van der Waals surface area contributed by atoms with Gasteiger partial charge in [-0.3, -0.25) is 9.59 Å². The summed E-state index contributed by atoms with van der Waals surface area (Å²) in [7, 11) is 0. The first-order valence-electron chi connectivity index (χ1n) is 10.3. The van der Waals surface area contributed by atoms with Gasteiger partial charge in [-0.2, -0.15) is 0 Å². The van der Waals surface area contributed by atoms with E-state index in [4.69, 9.17) is 11.6 Å². The van der Waals surface area contributed by atoms with Crippen molar-refractivity contribution in [1.29, 1.82) is 0 Å². The van der Waals surface area contributed by atoms with E-state index < -0.39 is 6.04 Å². The fraction of sp³-hybridized carbons (Fsp3) is 0.417. The number of rotatable bonds is 7. The third kappa shape index (κ3) is 5.83. The van der Waals surface area contributed by atoms with Crippen molar-refractivity contribution in [3.8, 4) is 0 Å². The van der Waals surface area contributed by atoms with Gasteiger partial charge in [0.2, 0.25) is 11.8 Å². The Morgan fingerprint density at radius 3 is 2.41 bits per heavy atom. The zero-order valence-electron chi connectivity index (χ0n) is 17.2. The Kier molecular flexibility index (Phi) is 7.32. The number of amides is 2. The molecule has 3 rings (SSSR count). The average molecular weight is 413 g/mol. The van der Waals surface area contributed by atoms with Crippen LogP contribution in [0.1, 0.15) is 49.3 Å². The number of nitrogens with one attached hydrogen (secondary N) is 1. The average Bonchev–Trinajstić information content (AvgIpc) is 3.21. The molecule has 0 aromatic heterocycles. The number of benzene rings is 2. The van der Waals surface area contributed by atoms with Crippen molar-refractivity contribution in [2.24, 2.45) is 0 Å². The molecule has 2 aromatic rings. The van der Waals surface area contributed by atoms with Crippen LogP contribution in [-0.2, 0) is 22.6 Å². The molecule has 0 radical (unpaired) electrons. The van der Waals surface area contributed by atoms with E-state index in [0.29, 0.717) is 11.6 Å². The van der Waals surface area contributed by atoms with Gasteiger partial charge in [0.1, 0.15) is 6.04 Å². The van der Waals surface area contributed by atoms with Crippen molar-refractivity contribution in [3.05, 3.63) is 70.2 Å². The molecule has 0 saturated heterocycles. The van der Waals surface area contributed by atoms with Crippen LogP contribution in [0.15, 0.2) is 48.5 Å². The number of carbonyl (C=O) groups is 2. The third-order valence-corrected chi connectivity index (χ3v) is 6.01. The number of halogens is 1. The van der Waals surface area contributed by atoms with E-state index in [1.807, 2.05) is 55.5 Å². The van der Waals surface area contributed by atoms with Crippen molar-refractivity contribution in [2.45, 2.75) is 64.6 Å². The molecule has 5 heteroatoms. The SMILES string of the molecule is Cc1ccc(CC(=O)N(Cc2ccccc2Cl)C(C)C(=O)NC2CCCC2)cc1. The predicted molar refractivity (Wildman–Crippen MR) is 117 cm³/mol. The summed E-state index contributed by atoms with van der Waals surface area (Å²) in [5, 5.41) is 3.72. The van der Waals surface area contributed by atoms with Gasteiger partial charge in [-0.1, -0.05) is 72.5 Å².